The molecule has 0 radical (unpaired) electrons. The Morgan fingerprint density at radius 2 is 1.88 bits per heavy atom. The van der Waals surface area contributed by atoms with E-state index in [2.05, 4.69) is 15.3 Å². The first-order valence-corrected chi connectivity index (χ1v) is 11.6. The molecule has 2 aromatic heterocycles. The second-order valence-corrected chi connectivity index (χ2v) is 9.40. The normalized spacial score (nSPS) is 22.7. The van der Waals surface area contributed by atoms with Gasteiger partial charge in [-0.1, -0.05) is 0 Å². The number of fused-ring (bicyclic) bond motifs is 2. The summed E-state index contributed by atoms with van der Waals surface area (Å²) in [6.07, 6.45) is 3.64. The third kappa shape index (κ3) is 5.19. The molecule has 2 N–H and O–H groups in total. The average molecular weight is 473 g/mol. The highest BCUT2D eigenvalue weighted by molar-refractivity contribution is 6.09. The van der Waals surface area contributed by atoms with E-state index < -0.39 is 12.7 Å². The lowest BCUT2D eigenvalue weighted by molar-refractivity contribution is -0.144. The van der Waals surface area contributed by atoms with Crippen LogP contribution in [0.3, 0.4) is 0 Å². The average Bonchev–Trinajstić information content (AvgIpc) is 3.46. The second-order valence-electron chi connectivity index (χ2n) is 9.40. The molecule has 1 saturated heterocycles. The van der Waals surface area contributed by atoms with Crippen LogP contribution in [-0.4, -0.2) is 53.2 Å². The lowest BCUT2D eigenvalue weighted by Crippen LogP contribution is -2.33. The number of nitrogens with zero attached hydrogens (tertiary/aromatic N) is 2. The van der Waals surface area contributed by atoms with Gasteiger partial charge in [-0.25, -0.2) is 0 Å². The van der Waals surface area contributed by atoms with E-state index in [4.69, 9.17) is 4.74 Å². The standard InChI is InChI=1S/C25H27F3N4O2/c26-25(27,28)15-32-13-18-9-16(10-19(18)14-32)5-8-34-20-1-2-22-21(11-20)23(12-30-22)31-24(33)17-3-6-29-7-4-17/h1-4,6-7,11-12,16,18-19,30H,5,8-10,13-15H2,(H,31,33)/t16?,18-,19+. The van der Waals surface area contributed by atoms with Crippen molar-refractivity contribution in [1.29, 1.82) is 0 Å². The minimum Gasteiger partial charge on any atom is -0.494 e. The van der Waals surface area contributed by atoms with E-state index in [1.165, 1.54) is 0 Å². The van der Waals surface area contributed by atoms with Crippen LogP contribution in [0.25, 0.3) is 10.9 Å². The smallest absolute Gasteiger partial charge is 0.401 e. The van der Waals surface area contributed by atoms with Gasteiger partial charge >= 0.3 is 6.18 Å². The Hall–Kier alpha value is -3.07. The highest BCUT2D eigenvalue weighted by Crippen LogP contribution is 2.43. The zero-order chi connectivity index (χ0) is 23.7. The van der Waals surface area contributed by atoms with Gasteiger partial charge in [-0.3, -0.25) is 14.7 Å². The summed E-state index contributed by atoms with van der Waals surface area (Å²) in [6, 6.07) is 9.04. The van der Waals surface area contributed by atoms with Crippen LogP contribution in [0.2, 0.25) is 0 Å². The number of hydrogen-bond donors (Lipinski definition) is 2. The van der Waals surface area contributed by atoms with Gasteiger partial charge in [0.2, 0.25) is 0 Å². The van der Waals surface area contributed by atoms with Crippen molar-refractivity contribution in [3.63, 3.8) is 0 Å². The Kier molecular flexibility index (Phi) is 6.20. The molecule has 5 rings (SSSR count). The van der Waals surface area contributed by atoms with Gasteiger partial charge in [0, 0.05) is 48.1 Å². The van der Waals surface area contributed by atoms with Crippen molar-refractivity contribution < 1.29 is 22.7 Å². The number of carbonyl (C=O) groups is 1. The van der Waals surface area contributed by atoms with E-state index in [1.54, 1.807) is 35.6 Å². The Bertz CT molecular complexity index is 1130. The minimum absolute atomic E-state index is 0.213. The maximum absolute atomic E-state index is 12.6. The van der Waals surface area contributed by atoms with Crippen molar-refractivity contribution in [3.05, 3.63) is 54.5 Å². The summed E-state index contributed by atoms with van der Waals surface area (Å²) in [5.41, 5.74) is 2.10. The van der Waals surface area contributed by atoms with Gasteiger partial charge in [-0.15, -0.1) is 0 Å². The van der Waals surface area contributed by atoms with Gasteiger partial charge in [-0.05, 0) is 67.3 Å². The van der Waals surface area contributed by atoms with Crippen LogP contribution in [0.1, 0.15) is 29.6 Å². The summed E-state index contributed by atoms with van der Waals surface area (Å²) in [4.78, 5) is 21.1. The van der Waals surface area contributed by atoms with Crippen LogP contribution < -0.4 is 10.1 Å². The zero-order valence-corrected chi connectivity index (χ0v) is 18.6. The number of aromatic nitrogens is 2. The SMILES string of the molecule is O=C(Nc1c[nH]c2ccc(OCCC3C[C@@H]4CN(CC(F)(F)F)C[C@@H]4C3)cc12)c1ccncc1. The Labute approximate surface area is 195 Å². The topological polar surface area (TPSA) is 70.2 Å². The number of likely N-dealkylation sites (tertiary alicyclic amines) is 1. The molecule has 6 nitrogen and oxygen atoms in total. The number of anilines is 1. The predicted octanol–water partition coefficient (Wildman–Crippen LogP) is 5.10. The van der Waals surface area contributed by atoms with Crippen molar-refractivity contribution in [2.45, 2.75) is 25.4 Å². The van der Waals surface area contributed by atoms with Crippen LogP contribution in [0.5, 0.6) is 5.75 Å². The molecule has 3 heterocycles. The molecule has 3 aromatic rings. The Morgan fingerprint density at radius 3 is 2.59 bits per heavy atom. The molecule has 0 bridgehead atoms. The molecule has 2 aliphatic rings. The number of amides is 1. The molecule has 3 atom stereocenters. The summed E-state index contributed by atoms with van der Waals surface area (Å²) >= 11 is 0. The maximum Gasteiger partial charge on any atom is 0.401 e. The number of pyridine rings is 1. The van der Waals surface area contributed by atoms with Crippen molar-refractivity contribution >= 4 is 22.5 Å². The number of aromatic amines is 1. The Balaban J connectivity index is 1.13. The monoisotopic (exact) mass is 472 g/mol. The lowest BCUT2D eigenvalue weighted by Gasteiger charge is -2.20. The number of nitrogens with one attached hydrogen (secondary N) is 2. The number of carbonyl (C=O) groups excluding carboxylic acids is 1. The van der Waals surface area contributed by atoms with Gasteiger partial charge < -0.3 is 15.0 Å². The van der Waals surface area contributed by atoms with Gasteiger partial charge in [0.05, 0.1) is 18.8 Å². The van der Waals surface area contributed by atoms with Gasteiger partial charge in [0.25, 0.3) is 5.91 Å². The molecule has 2 fully saturated rings. The zero-order valence-electron chi connectivity index (χ0n) is 18.6. The van der Waals surface area contributed by atoms with Crippen molar-refractivity contribution in [2.24, 2.45) is 17.8 Å². The molecule has 1 aromatic carbocycles. The quantitative estimate of drug-likeness (QED) is 0.502. The molecular weight excluding hydrogens is 445 g/mol. The molecule has 180 valence electrons. The van der Waals surface area contributed by atoms with Crippen molar-refractivity contribution in [1.82, 2.24) is 14.9 Å². The number of benzene rings is 1. The van der Waals surface area contributed by atoms with Gasteiger partial charge in [0.1, 0.15) is 5.75 Å². The summed E-state index contributed by atoms with van der Waals surface area (Å²) < 4.78 is 43.9. The first kappa shape index (κ1) is 22.7. The van der Waals surface area contributed by atoms with Crippen LogP contribution in [0, 0.1) is 17.8 Å². The summed E-state index contributed by atoms with van der Waals surface area (Å²) in [5.74, 6) is 1.75. The molecule has 1 aliphatic heterocycles. The first-order valence-electron chi connectivity index (χ1n) is 11.6. The molecule has 1 unspecified atom stereocenters. The highest BCUT2D eigenvalue weighted by atomic mass is 19.4. The third-order valence-corrected chi connectivity index (χ3v) is 6.97. The molecule has 1 aliphatic carbocycles. The van der Waals surface area contributed by atoms with Crippen molar-refractivity contribution in [2.75, 3.05) is 31.6 Å². The summed E-state index contributed by atoms with van der Waals surface area (Å²) in [7, 11) is 0. The third-order valence-electron chi connectivity index (χ3n) is 6.97. The first-order chi connectivity index (χ1) is 16.3. The van der Waals surface area contributed by atoms with Crippen LogP contribution in [0.4, 0.5) is 18.9 Å². The summed E-state index contributed by atoms with van der Waals surface area (Å²) in [5, 5.41) is 3.78. The number of rotatable bonds is 7. The number of hydrogen-bond acceptors (Lipinski definition) is 4. The van der Waals surface area contributed by atoms with E-state index in [0.29, 0.717) is 48.7 Å². The second kappa shape index (κ2) is 9.29. The van der Waals surface area contributed by atoms with E-state index in [9.17, 15) is 18.0 Å². The Morgan fingerprint density at radius 1 is 1.15 bits per heavy atom. The highest BCUT2D eigenvalue weighted by Gasteiger charge is 2.43. The molecule has 0 spiro atoms. The van der Waals surface area contributed by atoms with Gasteiger partial charge in [0.15, 0.2) is 0 Å². The number of alkyl halides is 3. The molecule has 1 amide bonds. The molecule has 1 saturated carbocycles. The fourth-order valence-corrected chi connectivity index (χ4v) is 5.47. The van der Waals surface area contributed by atoms with Crippen LogP contribution in [0.15, 0.2) is 48.9 Å². The molecule has 34 heavy (non-hydrogen) atoms. The lowest BCUT2D eigenvalue weighted by atomic mass is 10.0. The van der Waals surface area contributed by atoms with Crippen LogP contribution >= 0.6 is 0 Å². The van der Waals surface area contributed by atoms with E-state index in [0.717, 1.165) is 35.9 Å². The van der Waals surface area contributed by atoms with Gasteiger partial charge in [-0.2, -0.15) is 13.2 Å². The van der Waals surface area contributed by atoms with E-state index in [1.807, 2.05) is 18.2 Å². The van der Waals surface area contributed by atoms with Crippen molar-refractivity contribution in [3.8, 4) is 5.75 Å². The number of H-pyrrole nitrogens is 1. The number of ether oxygens (including phenoxy) is 1. The minimum atomic E-state index is -4.12. The molecule has 9 heteroatoms. The fourth-order valence-electron chi connectivity index (χ4n) is 5.47. The van der Waals surface area contributed by atoms with E-state index in [-0.39, 0.29) is 5.91 Å². The van der Waals surface area contributed by atoms with E-state index >= 15 is 0 Å². The fraction of sp³-hybridized carbons (Fsp3) is 0.440. The molecular formula is C25H27F3N4O2. The number of halogens is 3. The maximum atomic E-state index is 12.6. The van der Waals surface area contributed by atoms with Crippen LogP contribution in [-0.2, 0) is 0 Å². The summed E-state index contributed by atoms with van der Waals surface area (Å²) in [6.45, 7) is 0.880. The largest absolute Gasteiger partial charge is 0.494 e. The predicted molar refractivity (Wildman–Crippen MR) is 123 cm³/mol.